The first-order chi connectivity index (χ1) is 5.36. The number of nitrogens with one attached hydrogen (secondary N) is 1. The van der Waals surface area contributed by atoms with E-state index in [2.05, 4.69) is 36.3 Å². The van der Waals surface area contributed by atoms with Gasteiger partial charge in [-0.2, -0.15) is 5.10 Å². The number of rotatable bonds is 1. The van der Waals surface area contributed by atoms with Gasteiger partial charge in [-0.1, -0.05) is 0 Å². The zero-order valence-corrected chi connectivity index (χ0v) is 6.87. The molecule has 0 spiro atoms. The van der Waals surface area contributed by atoms with Crippen LogP contribution in [0.3, 0.4) is 0 Å². The Morgan fingerprint density at radius 1 is 1.45 bits per heavy atom. The van der Waals surface area contributed by atoms with E-state index in [-0.39, 0.29) is 0 Å². The quantitative estimate of drug-likeness (QED) is 0.776. The molecule has 0 amide bonds. The molecule has 2 aromatic rings. The average Bonchev–Trinajstić information content (AvgIpc) is 2.55. The summed E-state index contributed by atoms with van der Waals surface area (Å²) < 4.78 is 5.06. The highest BCUT2D eigenvalue weighted by Gasteiger charge is 2.05. The SMILES string of the molecule is Brc1nnc(-c2cn[nH]c2)o1. The molecule has 0 atom stereocenters. The fourth-order valence-electron chi connectivity index (χ4n) is 0.690. The van der Waals surface area contributed by atoms with Crippen molar-refractivity contribution in [2.75, 3.05) is 0 Å². The molecule has 2 rings (SSSR count). The van der Waals surface area contributed by atoms with Gasteiger partial charge in [0.25, 0.3) is 10.7 Å². The molecule has 6 heteroatoms. The molecule has 0 bridgehead atoms. The van der Waals surface area contributed by atoms with Crippen molar-refractivity contribution in [3.05, 3.63) is 17.2 Å². The van der Waals surface area contributed by atoms with Gasteiger partial charge in [0.2, 0.25) is 0 Å². The summed E-state index contributed by atoms with van der Waals surface area (Å²) in [5, 5.41) is 13.7. The molecule has 2 heterocycles. The molecule has 0 saturated carbocycles. The third kappa shape index (κ3) is 1.16. The van der Waals surface area contributed by atoms with Crippen LogP contribution in [0, 0.1) is 0 Å². The molecular formula is C5H3BrN4O. The lowest BCUT2D eigenvalue weighted by atomic mass is 10.4. The second-order valence-corrected chi connectivity index (χ2v) is 2.53. The van der Waals surface area contributed by atoms with E-state index in [0.717, 1.165) is 5.56 Å². The molecule has 0 aliphatic rings. The van der Waals surface area contributed by atoms with Crippen molar-refractivity contribution in [3.63, 3.8) is 0 Å². The molecule has 0 aliphatic heterocycles. The molecule has 1 N–H and O–H groups in total. The minimum absolute atomic E-state index is 0.369. The van der Waals surface area contributed by atoms with Crippen LogP contribution in [0.25, 0.3) is 11.5 Å². The lowest BCUT2D eigenvalue weighted by Crippen LogP contribution is -1.71. The van der Waals surface area contributed by atoms with E-state index < -0.39 is 0 Å². The molecular weight excluding hydrogens is 212 g/mol. The summed E-state index contributed by atoms with van der Waals surface area (Å²) in [6.45, 7) is 0. The standard InChI is InChI=1S/C5H3BrN4O/c6-5-10-9-4(11-5)3-1-7-8-2-3/h1-2H,(H,7,8). The van der Waals surface area contributed by atoms with Crippen molar-refractivity contribution in [2.45, 2.75) is 0 Å². The summed E-state index contributed by atoms with van der Waals surface area (Å²) in [5.74, 6) is 0.450. The van der Waals surface area contributed by atoms with Crippen LogP contribution in [0.15, 0.2) is 21.6 Å². The van der Waals surface area contributed by atoms with Crippen LogP contribution in [0.5, 0.6) is 0 Å². The second kappa shape index (κ2) is 2.46. The number of halogens is 1. The van der Waals surface area contributed by atoms with Crippen molar-refractivity contribution >= 4 is 15.9 Å². The van der Waals surface area contributed by atoms with Crippen molar-refractivity contribution < 1.29 is 4.42 Å². The van der Waals surface area contributed by atoms with Gasteiger partial charge in [-0.3, -0.25) is 5.10 Å². The Labute approximate surface area is 70.0 Å². The van der Waals surface area contributed by atoms with E-state index in [1.807, 2.05) is 0 Å². The molecule has 56 valence electrons. The Morgan fingerprint density at radius 2 is 2.36 bits per heavy atom. The molecule has 0 fully saturated rings. The Kier molecular flexibility index (Phi) is 1.46. The van der Waals surface area contributed by atoms with Crippen LogP contribution in [-0.2, 0) is 0 Å². The summed E-state index contributed by atoms with van der Waals surface area (Å²) in [7, 11) is 0. The van der Waals surface area contributed by atoms with Gasteiger partial charge >= 0.3 is 0 Å². The van der Waals surface area contributed by atoms with Crippen LogP contribution in [0.2, 0.25) is 0 Å². The molecule has 0 aliphatic carbocycles. The molecule has 2 aromatic heterocycles. The van der Waals surface area contributed by atoms with Crippen molar-refractivity contribution in [1.29, 1.82) is 0 Å². The topological polar surface area (TPSA) is 67.6 Å². The van der Waals surface area contributed by atoms with Gasteiger partial charge in [0.05, 0.1) is 11.8 Å². The van der Waals surface area contributed by atoms with Crippen molar-refractivity contribution in [2.24, 2.45) is 0 Å². The number of hydrogen-bond donors (Lipinski definition) is 1. The Bertz CT molecular complexity index is 341. The second-order valence-electron chi connectivity index (χ2n) is 1.85. The molecule has 5 nitrogen and oxygen atoms in total. The van der Waals surface area contributed by atoms with Crippen molar-refractivity contribution in [3.8, 4) is 11.5 Å². The smallest absolute Gasteiger partial charge is 0.285 e. The van der Waals surface area contributed by atoms with Crippen LogP contribution in [-0.4, -0.2) is 20.4 Å². The maximum absolute atomic E-state index is 5.06. The minimum Gasteiger partial charge on any atom is -0.411 e. The summed E-state index contributed by atoms with van der Waals surface area (Å²) >= 11 is 3.05. The molecule has 0 saturated heterocycles. The largest absolute Gasteiger partial charge is 0.411 e. The van der Waals surface area contributed by atoms with E-state index in [1.54, 1.807) is 12.4 Å². The zero-order chi connectivity index (χ0) is 7.68. The molecule has 11 heavy (non-hydrogen) atoms. The van der Waals surface area contributed by atoms with E-state index >= 15 is 0 Å². The Hall–Kier alpha value is -1.17. The maximum atomic E-state index is 5.06. The predicted octanol–water partition coefficient (Wildman–Crippen LogP) is 1.22. The van der Waals surface area contributed by atoms with Gasteiger partial charge in [0.15, 0.2) is 0 Å². The van der Waals surface area contributed by atoms with Crippen molar-refractivity contribution in [1.82, 2.24) is 20.4 Å². The van der Waals surface area contributed by atoms with Gasteiger partial charge in [-0.15, -0.1) is 10.2 Å². The fraction of sp³-hybridized carbons (Fsp3) is 0. The fourth-order valence-corrected chi connectivity index (χ4v) is 0.922. The first kappa shape index (κ1) is 6.53. The van der Waals surface area contributed by atoms with Crippen LogP contribution >= 0.6 is 15.9 Å². The number of hydrogen-bond acceptors (Lipinski definition) is 4. The maximum Gasteiger partial charge on any atom is 0.285 e. The first-order valence-electron chi connectivity index (χ1n) is 2.84. The predicted molar refractivity (Wildman–Crippen MR) is 39.6 cm³/mol. The number of nitrogens with zero attached hydrogens (tertiary/aromatic N) is 3. The first-order valence-corrected chi connectivity index (χ1v) is 3.64. The monoisotopic (exact) mass is 214 g/mol. The van der Waals surface area contributed by atoms with Gasteiger partial charge < -0.3 is 4.42 Å². The molecule has 0 unspecified atom stereocenters. The Balaban J connectivity index is 2.45. The summed E-state index contributed by atoms with van der Waals surface area (Å²) in [5.41, 5.74) is 0.781. The van der Waals surface area contributed by atoms with E-state index in [9.17, 15) is 0 Å². The third-order valence-electron chi connectivity index (χ3n) is 1.15. The number of H-pyrrole nitrogens is 1. The van der Waals surface area contributed by atoms with Gasteiger partial charge in [0.1, 0.15) is 0 Å². The van der Waals surface area contributed by atoms with Crippen LogP contribution < -0.4 is 0 Å². The molecule has 0 aromatic carbocycles. The minimum atomic E-state index is 0.369. The highest BCUT2D eigenvalue weighted by molar-refractivity contribution is 9.10. The lowest BCUT2D eigenvalue weighted by Gasteiger charge is -1.80. The van der Waals surface area contributed by atoms with E-state index in [4.69, 9.17) is 4.42 Å². The Morgan fingerprint density at radius 3 is 2.91 bits per heavy atom. The van der Waals surface area contributed by atoms with Crippen LogP contribution in [0.1, 0.15) is 0 Å². The van der Waals surface area contributed by atoms with Gasteiger partial charge in [-0.25, -0.2) is 0 Å². The third-order valence-corrected chi connectivity index (χ3v) is 1.47. The van der Waals surface area contributed by atoms with E-state index in [1.165, 1.54) is 0 Å². The van der Waals surface area contributed by atoms with Gasteiger partial charge in [0, 0.05) is 22.1 Å². The van der Waals surface area contributed by atoms with Gasteiger partial charge in [-0.05, 0) is 0 Å². The number of aromatic nitrogens is 4. The highest BCUT2D eigenvalue weighted by atomic mass is 79.9. The van der Waals surface area contributed by atoms with E-state index in [0.29, 0.717) is 10.7 Å². The number of aromatic amines is 1. The average molecular weight is 215 g/mol. The van der Waals surface area contributed by atoms with Crippen LogP contribution in [0.4, 0.5) is 0 Å². The lowest BCUT2D eigenvalue weighted by molar-refractivity contribution is 0.540. The highest BCUT2D eigenvalue weighted by Crippen LogP contribution is 2.17. The molecule has 0 radical (unpaired) electrons. The summed E-state index contributed by atoms with van der Waals surface area (Å²) in [6, 6.07) is 0. The zero-order valence-electron chi connectivity index (χ0n) is 5.28. The summed E-state index contributed by atoms with van der Waals surface area (Å²) in [4.78, 5) is 0.369. The summed E-state index contributed by atoms with van der Waals surface area (Å²) in [6.07, 6.45) is 3.29. The normalized spacial score (nSPS) is 10.3.